The second-order valence-electron chi connectivity index (χ2n) is 8.50. The maximum atomic E-state index is 12.6. The molecule has 1 heterocycles. The average molecular weight is 423 g/mol. The van der Waals surface area contributed by atoms with Crippen LogP contribution in [-0.2, 0) is 14.8 Å². The van der Waals surface area contributed by atoms with E-state index in [1.807, 2.05) is 0 Å². The molecule has 2 N–H and O–H groups in total. The standard InChI is InChI=1S/C21H30N2O5S/c1-14(18-12-15-3-4-16(18)11-15)23-21(24)7-8-22-29(25,26)17-5-6-19-20(13-17)28-10-2-9-27-19/h5-6,13-16,18,22H,2-4,7-12H2,1H3,(H,23,24). The molecule has 160 valence electrons. The molecule has 2 bridgehead atoms. The third kappa shape index (κ3) is 4.69. The van der Waals surface area contributed by atoms with E-state index < -0.39 is 10.0 Å². The van der Waals surface area contributed by atoms with Gasteiger partial charge in [-0.05, 0) is 56.1 Å². The molecule has 2 fully saturated rings. The van der Waals surface area contributed by atoms with Gasteiger partial charge in [0.2, 0.25) is 15.9 Å². The molecular formula is C21H30N2O5S. The molecule has 2 saturated carbocycles. The van der Waals surface area contributed by atoms with Crippen molar-refractivity contribution in [2.45, 2.75) is 56.4 Å². The van der Waals surface area contributed by atoms with Gasteiger partial charge in [-0.15, -0.1) is 0 Å². The van der Waals surface area contributed by atoms with Crippen molar-refractivity contribution in [2.75, 3.05) is 19.8 Å². The van der Waals surface area contributed by atoms with Gasteiger partial charge in [0, 0.05) is 31.5 Å². The predicted molar refractivity (Wildman–Crippen MR) is 108 cm³/mol. The second kappa shape index (κ2) is 8.52. The molecule has 1 aromatic carbocycles. The van der Waals surface area contributed by atoms with Crippen molar-refractivity contribution in [1.82, 2.24) is 10.0 Å². The van der Waals surface area contributed by atoms with E-state index in [4.69, 9.17) is 9.47 Å². The monoisotopic (exact) mass is 422 g/mol. The van der Waals surface area contributed by atoms with E-state index >= 15 is 0 Å². The fraction of sp³-hybridized carbons (Fsp3) is 0.667. The Morgan fingerprint density at radius 2 is 1.97 bits per heavy atom. The van der Waals surface area contributed by atoms with Gasteiger partial charge in [-0.3, -0.25) is 4.79 Å². The molecule has 1 aromatic rings. The summed E-state index contributed by atoms with van der Waals surface area (Å²) in [6.45, 7) is 3.18. The number of ether oxygens (including phenoxy) is 2. The Balaban J connectivity index is 1.27. The molecule has 4 unspecified atom stereocenters. The lowest BCUT2D eigenvalue weighted by Gasteiger charge is -2.28. The number of amides is 1. The number of hydrogen-bond donors (Lipinski definition) is 2. The maximum absolute atomic E-state index is 12.6. The van der Waals surface area contributed by atoms with E-state index in [-0.39, 0.29) is 29.8 Å². The highest BCUT2D eigenvalue weighted by Crippen LogP contribution is 2.49. The molecule has 0 aromatic heterocycles. The van der Waals surface area contributed by atoms with Crippen molar-refractivity contribution in [3.05, 3.63) is 18.2 Å². The van der Waals surface area contributed by atoms with Gasteiger partial charge in [0.05, 0.1) is 18.1 Å². The quantitative estimate of drug-likeness (QED) is 0.704. The van der Waals surface area contributed by atoms with Crippen LogP contribution < -0.4 is 19.5 Å². The summed E-state index contributed by atoms with van der Waals surface area (Å²) in [4.78, 5) is 12.4. The Morgan fingerprint density at radius 1 is 1.17 bits per heavy atom. The number of sulfonamides is 1. The van der Waals surface area contributed by atoms with Crippen LogP contribution in [0.25, 0.3) is 0 Å². The van der Waals surface area contributed by atoms with Gasteiger partial charge in [-0.25, -0.2) is 13.1 Å². The molecule has 3 aliphatic rings. The van der Waals surface area contributed by atoms with Crippen molar-refractivity contribution in [3.63, 3.8) is 0 Å². The second-order valence-corrected chi connectivity index (χ2v) is 10.3. The molecule has 7 nitrogen and oxygen atoms in total. The Labute approximate surface area is 172 Å². The summed E-state index contributed by atoms with van der Waals surface area (Å²) in [5.74, 6) is 3.02. The van der Waals surface area contributed by atoms with Crippen LogP contribution in [-0.4, -0.2) is 40.1 Å². The number of benzene rings is 1. The number of rotatable bonds is 7. The van der Waals surface area contributed by atoms with E-state index in [1.54, 1.807) is 6.07 Å². The molecule has 0 saturated heterocycles. The highest BCUT2D eigenvalue weighted by Gasteiger charge is 2.42. The zero-order valence-electron chi connectivity index (χ0n) is 16.9. The van der Waals surface area contributed by atoms with Crippen LogP contribution in [0.2, 0.25) is 0 Å². The first kappa shape index (κ1) is 20.5. The summed E-state index contributed by atoms with van der Waals surface area (Å²) in [5, 5.41) is 3.07. The summed E-state index contributed by atoms with van der Waals surface area (Å²) >= 11 is 0. The molecule has 4 rings (SSSR count). The normalized spacial score (nSPS) is 26.7. The number of carbonyl (C=O) groups excluding carboxylic acids is 1. The van der Waals surface area contributed by atoms with Gasteiger partial charge in [0.1, 0.15) is 0 Å². The van der Waals surface area contributed by atoms with Gasteiger partial charge in [0.15, 0.2) is 11.5 Å². The van der Waals surface area contributed by atoms with E-state index in [9.17, 15) is 13.2 Å². The van der Waals surface area contributed by atoms with Crippen molar-refractivity contribution >= 4 is 15.9 Å². The topological polar surface area (TPSA) is 93.7 Å². The van der Waals surface area contributed by atoms with E-state index in [2.05, 4.69) is 17.0 Å². The van der Waals surface area contributed by atoms with E-state index in [0.29, 0.717) is 30.6 Å². The van der Waals surface area contributed by atoms with E-state index in [1.165, 1.54) is 37.8 Å². The lowest BCUT2D eigenvalue weighted by molar-refractivity contribution is -0.122. The zero-order valence-corrected chi connectivity index (χ0v) is 17.7. The number of hydrogen-bond acceptors (Lipinski definition) is 5. The summed E-state index contributed by atoms with van der Waals surface area (Å²) in [5.41, 5.74) is 0. The number of fused-ring (bicyclic) bond motifs is 3. The Hall–Kier alpha value is -1.80. The fourth-order valence-corrected chi connectivity index (χ4v) is 6.08. The first-order valence-electron chi connectivity index (χ1n) is 10.6. The molecule has 29 heavy (non-hydrogen) atoms. The minimum atomic E-state index is -3.72. The highest BCUT2D eigenvalue weighted by atomic mass is 32.2. The summed E-state index contributed by atoms with van der Waals surface area (Å²) in [6.07, 6.45) is 6.01. The van der Waals surface area contributed by atoms with Crippen LogP contribution in [0.5, 0.6) is 11.5 Å². The fourth-order valence-electron chi connectivity index (χ4n) is 5.03. The van der Waals surface area contributed by atoms with Crippen LogP contribution >= 0.6 is 0 Å². The summed E-state index contributed by atoms with van der Waals surface area (Å²) in [6, 6.07) is 4.72. The van der Waals surface area contributed by atoms with Crippen LogP contribution in [0.4, 0.5) is 0 Å². The third-order valence-corrected chi connectivity index (χ3v) is 7.96. The van der Waals surface area contributed by atoms with Gasteiger partial charge in [-0.1, -0.05) is 6.42 Å². The minimum absolute atomic E-state index is 0.0616. The van der Waals surface area contributed by atoms with Crippen LogP contribution in [0.15, 0.2) is 23.1 Å². The van der Waals surface area contributed by atoms with Crippen LogP contribution in [0, 0.1) is 17.8 Å². The molecule has 4 atom stereocenters. The molecular weight excluding hydrogens is 392 g/mol. The predicted octanol–water partition coefficient (Wildman–Crippen LogP) is 2.46. The summed E-state index contributed by atoms with van der Waals surface area (Å²) in [7, 11) is -3.72. The molecule has 1 aliphatic heterocycles. The molecule has 0 spiro atoms. The lowest BCUT2D eigenvalue weighted by atomic mass is 9.84. The highest BCUT2D eigenvalue weighted by molar-refractivity contribution is 7.89. The molecule has 8 heteroatoms. The number of carbonyl (C=O) groups is 1. The maximum Gasteiger partial charge on any atom is 0.240 e. The molecule has 0 radical (unpaired) electrons. The summed E-state index contributed by atoms with van der Waals surface area (Å²) < 4.78 is 38.7. The first-order chi connectivity index (χ1) is 13.9. The van der Waals surface area contributed by atoms with Crippen LogP contribution in [0.3, 0.4) is 0 Å². The first-order valence-corrected chi connectivity index (χ1v) is 12.1. The average Bonchev–Trinajstić information content (AvgIpc) is 3.24. The van der Waals surface area contributed by atoms with Crippen molar-refractivity contribution < 1.29 is 22.7 Å². The van der Waals surface area contributed by atoms with Crippen molar-refractivity contribution in [2.24, 2.45) is 17.8 Å². The SMILES string of the molecule is CC(NC(=O)CCNS(=O)(=O)c1ccc2c(c1)OCCCO2)C1CC2CCC1C2. The van der Waals surface area contributed by atoms with Crippen molar-refractivity contribution in [3.8, 4) is 11.5 Å². The van der Waals surface area contributed by atoms with Crippen LogP contribution in [0.1, 0.15) is 45.4 Å². The Morgan fingerprint density at radius 3 is 2.69 bits per heavy atom. The largest absolute Gasteiger partial charge is 0.490 e. The van der Waals surface area contributed by atoms with Gasteiger partial charge in [-0.2, -0.15) is 0 Å². The van der Waals surface area contributed by atoms with Gasteiger partial charge in [0.25, 0.3) is 0 Å². The van der Waals surface area contributed by atoms with Gasteiger partial charge >= 0.3 is 0 Å². The smallest absolute Gasteiger partial charge is 0.240 e. The Kier molecular flexibility index (Phi) is 6.01. The zero-order chi connectivity index (χ0) is 20.4. The third-order valence-electron chi connectivity index (χ3n) is 6.50. The molecule has 1 amide bonds. The number of nitrogens with one attached hydrogen (secondary N) is 2. The molecule has 2 aliphatic carbocycles. The lowest BCUT2D eigenvalue weighted by Crippen LogP contribution is -2.41. The minimum Gasteiger partial charge on any atom is -0.490 e. The Bertz CT molecular complexity index is 857. The van der Waals surface area contributed by atoms with Crippen molar-refractivity contribution in [1.29, 1.82) is 0 Å². The van der Waals surface area contributed by atoms with Gasteiger partial charge < -0.3 is 14.8 Å². The van der Waals surface area contributed by atoms with E-state index in [0.717, 1.165) is 18.3 Å².